The highest BCUT2D eigenvalue weighted by Crippen LogP contribution is 2.22. The van der Waals surface area contributed by atoms with Crippen LogP contribution in [-0.4, -0.2) is 16.7 Å². The van der Waals surface area contributed by atoms with E-state index in [1.807, 2.05) is 13.0 Å². The van der Waals surface area contributed by atoms with Crippen molar-refractivity contribution in [3.05, 3.63) is 35.7 Å². The van der Waals surface area contributed by atoms with Gasteiger partial charge in [0.2, 0.25) is 0 Å². The third kappa shape index (κ3) is 3.93. The molecule has 17 heavy (non-hydrogen) atoms. The zero-order valence-electron chi connectivity index (χ0n) is 11.2. The van der Waals surface area contributed by atoms with Gasteiger partial charge in [-0.3, -0.25) is 0 Å². The SMILES string of the molecule is C=CCCC(NCC)c1cc(C)nnc1CC. The molecule has 0 saturated carbocycles. The van der Waals surface area contributed by atoms with Crippen LogP contribution in [0.1, 0.15) is 49.7 Å². The van der Waals surface area contributed by atoms with Crippen LogP contribution in [0.2, 0.25) is 0 Å². The van der Waals surface area contributed by atoms with Crippen molar-refractivity contribution in [3.63, 3.8) is 0 Å². The van der Waals surface area contributed by atoms with Gasteiger partial charge in [0, 0.05) is 6.04 Å². The summed E-state index contributed by atoms with van der Waals surface area (Å²) in [7, 11) is 0. The minimum atomic E-state index is 0.363. The number of allylic oxidation sites excluding steroid dienone is 1. The fourth-order valence-corrected chi connectivity index (χ4v) is 2.01. The molecule has 1 atom stereocenters. The molecule has 1 rings (SSSR count). The first-order valence-corrected chi connectivity index (χ1v) is 6.40. The average Bonchev–Trinajstić information content (AvgIpc) is 2.34. The Kier molecular flexibility index (Phi) is 5.84. The Hall–Kier alpha value is -1.22. The van der Waals surface area contributed by atoms with E-state index in [1.165, 1.54) is 5.56 Å². The van der Waals surface area contributed by atoms with E-state index in [2.05, 4.69) is 42.0 Å². The quantitative estimate of drug-likeness (QED) is 0.736. The van der Waals surface area contributed by atoms with E-state index in [0.717, 1.165) is 37.2 Å². The Morgan fingerprint density at radius 2 is 2.18 bits per heavy atom. The highest BCUT2D eigenvalue weighted by atomic mass is 15.1. The molecular weight excluding hydrogens is 210 g/mol. The van der Waals surface area contributed by atoms with E-state index in [-0.39, 0.29) is 0 Å². The highest BCUT2D eigenvalue weighted by Gasteiger charge is 2.14. The van der Waals surface area contributed by atoms with Gasteiger partial charge in [0.25, 0.3) is 0 Å². The van der Waals surface area contributed by atoms with Gasteiger partial charge >= 0.3 is 0 Å². The van der Waals surface area contributed by atoms with Crippen molar-refractivity contribution < 1.29 is 0 Å². The molecule has 0 spiro atoms. The van der Waals surface area contributed by atoms with E-state index in [4.69, 9.17) is 0 Å². The Balaban J connectivity index is 2.97. The lowest BCUT2D eigenvalue weighted by Crippen LogP contribution is -2.22. The first-order chi connectivity index (χ1) is 8.22. The number of nitrogens with zero attached hydrogens (tertiary/aromatic N) is 2. The molecule has 0 radical (unpaired) electrons. The highest BCUT2D eigenvalue weighted by molar-refractivity contribution is 5.25. The average molecular weight is 233 g/mol. The topological polar surface area (TPSA) is 37.8 Å². The first kappa shape index (κ1) is 13.8. The second kappa shape index (κ2) is 7.17. The lowest BCUT2D eigenvalue weighted by atomic mass is 9.99. The largest absolute Gasteiger partial charge is 0.310 e. The van der Waals surface area contributed by atoms with Gasteiger partial charge in [0.1, 0.15) is 0 Å². The second-order valence-electron chi connectivity index (χ2n) is 4.22. The monoisotopic (exact) mass is 233 g/mol. The summed E-state index contributed by atoms with van der Waals surface area (Å²) in [6, 6.07) is 2.52. The van der Waals surface area contributed by atoms with Crippen LogP contribution in [0.25, 0.3) is 0 Å². The van der Waals surface area contributed by atoms with E-state index >= 15 is 0 Å². The third-order valence-corrected chi connectivity index (χ3v) is 2.85. The normalized spacial score (nSPS) is 12.4. The molecule has 0 amide bonds. The zero-order chi connectivity index (χ0) is 12.7. The Morgan fingerprint density at radius 3 is 2.76 bits per heavy atom. The van der Waals surface area contributed by atoms with Gasteiger partial charge in [-0.15, -0.1) is 6.58 Å². The van der Waals surface area contributed by atoms with Crippen LogP contribution in [-0.2, 0) is 6.42 Å². The maximum absolute atomic E-state index is 4.29. The minimum Gasteiger partial charge on any atom is -0.310 e. The molecule has 0 bridgehead atoms. The maximum Gasteiger partial charge on any atom is 0.0676 e. The number of nitrogens with one attached hydrogen (secondary N) is 1. The first-order valence-electron chi connectivity index (χ1n) is 6.40. The standard InChI is InChI=1S/C14H23N3/c1-5-8-9-14(15-7-3)12-10-11(4)16-17-13(12)6-2/h5,10,14-15H,1,6-9H2,2-4H3. The molecule has 3 heteroatoms. The molecule has 0 fully saturated rings. The van der Waals surface area contributed by atoms with Crippen molar-refractivity contribution >= 4 is 0 Å². The fraction of sp³-hybridized carbons (Fsp3) is 0.571. The molecule has 1 heterocycles. The van der Waals surface area contributed by atoms with E-state index in [9.17, 15) is 0 Å². The van der Waals surface area contributed by atoms with Crippen LogP contribution >= 0.6 is 0 Å². The van der Waals surface area contributed by atoms with Gasteiger partial charge in [-0.05, 0) is 44.4 Å². The lowest BCUT2D eigenvalue weighted by Gasteiger charge is -2.20. The van der Waals surface area contributed by atoms with E-state index in [0.29, 0.717) is 6.04 Å². The zero-order valence-corrected chi connectivity index (χ0v) is 11.2. The number of hydrogen-bond acceptors (Lipinski definition) is 3. The van der Waals surface area contributed by atoms with E-state index in [1.54, 1.807) is 0 Å². The minimum absolute atomic E-state index is 0.363. The Bertz CT molecular complexity index is 360. The van der Waals surface area contributed by atoms with Crippen LogP contribution in [0.4, 0.5) is 0 Å². The van der Waals surface area contributed by atoms with Crippen molar-refractivity contribution in [3.8, 4) is 0 Å². The van der Waals surface area contributed by atoms with Crippen LogP contribution in [0, 0.1) is 6.92 Å². The summed E-state index contributed by atoms with van der Waals surface area (Å²) in [5.41, 5.74) is 3.38. The third-order valence-electron chi connectivity index (χ3n) is 2.85. The molecule has 0 aromatic carbocycles. The molecule has 0 aliphatic rings. The van der Waals surface area contributed by atoms with Gasteiger partial charge in [0.15, 0.2) is 0 Å². The molecule has 3 nitrogen and oxygen atoms in total. The predicted octanol–water partition coefficient (Wildman–Crippen LogP) is 2.96. The summed E-state index contributed by atoms with van der Waals surface area (Å²) in [5.74, 6) is 0. The lowest BCUT2D eigenvalue weighted by molar-refractivity contribution is 0.511. The van der Waals surface area contributed by atoms with Gasteiger partial charge < -0.3 is 5.32 Å². The van der Waals surface area contributed by atoms with Crippen LogP contribution in [0.3, 0.4) is 0 Å². The van der Waals surface area contributed by atoms with Crippen molar-refractivity contribution in [1.29, 1.82) is 0 Å². The molecule has 0 aliphatic heterocycles. The summed E-state index contributed by atoms with van der Waals surface area (Å²) in [5, 5.41) is 11.9. The molecule has 94 valence electrons. The Labute approximate surface area is 104 Å². The summed E-state index contributed by atoms with van der Waals surface area (Å²) in [6.45, 7) is 11.0. The fourth-order valence-electron chi connectivity index (χ4n) is 2.01. The van der Waals surface area contributed by atoms with Crippen molar-refractivity contribution in [2.75, 3.05) is 6.54 Å². The summed E-state index contributed by atoms with van der Waals surface area (Å²) < 4.78 is 0. The van der Waals surface area contributed by atoms with Gasteiger partial charge in [0.05, 0.1) is 11.4 Å². The molecule has 1 aromatic rings. The smallest absolute Gasteiger partial charge is 0.0676 e. The molecule has 0 saturated heterocycles. The van der Waals surface area contributed by atoms with Crippen LogP contribution in [0.5, 0.6) is 0 Å². The van der Waals surface area contributed by atoms with Gasteiger partial charge in [-0.2, -0.15) is 10.2 Å². The van der Waals surface area contributed by atoms with Gasteiger partial charge in [-0.1, -0.05) is 19.9 Å². The molecular formula is C14H23N3. The van der Waals surface area contributed by atoms with E-state index < -0.39 is 0 Å². The van der Waals surface area contributed by atoms with Crippen molar-refractivity contribution in [1.82, 2.24) is 15.5 Å². The van der Waals surface area contributed by atoms with Crippen molar-refractivity contribution in [2.45, 2.75) is 46.1 Å². The molecule has 0 aliphatic carbocycles. The maximum atomic E-state index is 4.29. The summed E-state index contributed by atoms with van der Waals surface area (Å²) >= 11 is 0. The summed E-state index contributed by atoms with van der Waals surface area (Å²) in [6.07, 6.45) is 4.98. The molecule has 1 unspecified atom stereocenters. The number of rotatable bonds is 7. The van der Waals surface area contributed by atoms with Crippen LogP contribution < -0.4 is 5.32 Å². The summed E-state index contributed by atoms with van der Waals surface area (Å²) in [4.78, 5) is 0. The van der Waals surface area contributed by atoms with Gasteiger partial charge in [-0.25, -0.2) is 0 Å². The number of aromatic nitrogens is 2. The molecule has 1 aromatic heterocycles. The van der Waals surface area contributed by atoms with Crippen LogP contribution in [0.15, 0.2) is 18.7 Å². The molecule has 1 N–H and O–H groups in total. The number of hydrogen-bond donors (Lipinski definition) is 1. The van der Waals surface area contributed by atoms with Crippen molar-refractivity contribution in [2.24, 2.45) is 0 Å². The second-order valence-corrected chi connectivity index (χ2v) is 4.22. The Morgan fingerprint density at radius 1 is 1.41 bits per heavy atom. The number of aryl methyl sites for hydroxylation is 2. The predicted molar refractivity (Wildman–Crippen MR) is 72.0 cm³/mol.